The van der Waals surface area contributed by atoms with Gasteiger partial charge in [-0.05, 0) is 19.3 Å². The SMILES string of the molecule is C=CCCCCO[PH](=O)CP(=O)(O)O.O. The van der Waals surface area contributed by atoms with Crippen LogP contribution in [0, 0.1) is 0 Å². The van der Waals surface area contributed by atoms with Gasteiger partial charge in [-0.25, -0.2) is 0 Å². The molecule has 6 nitrogen and oxygen atoms in total. The molecule has 15 heavy (non-hydrogen) atoms. The first kappa shape index (κ1) is 17.4. The molecule has 0 radical (unpaired) electrons. The Labute approximate surface area is 89.7 Å². The van der Waals surface area contributed by atoms with Gasteiger partial charge in [0.25, 0.3) is 0 Å². The van der Waals surface area contributed by atoms with Gasteiger partial charge in [0.15, 0.2) is 0 Å². The summed E-state index contributed by atoms with van der Waals surface area (Å²) in [6.45, 7) is 3.83. The van der Waals surface area contributed by atoms with Crippen molar-refractivity contribution in [3.05, 3.63) is 12.7 Å². The van der Waals surface area contributed by atoms with Crippen molar-refractivity contribution in [2.45, 2.75) is 19.3 Å². The van der Waals surface area contributed by atoms with Crippen LogP contribution >= 0.6 is 15.6 Å². The smallest absolute Gasteiger partial charge is 0.334 e. The molecule has 0 aromatic carbocycles. The monoisotopic (exact) mass is 260 g/mol. The van der Waals surface area contributed by atoms with Crippen LogP contribution in [-0.2, 0) is 13.7 Å². The average Bonchev–Trinajstić information content (AvgIpc) is 2.00. The molecule has 92 valence electrons. The zero-order valence-corrected chi connectivity index (χ0v) is 10.3. The molecule has 8 heteroatoms. The fraction of sp³-hybridized carbons (Fsp3) is 0.714. The predicted molar refractivity (Wildman–Crippen MR) is 59.5 cm³/mol. The molecule has 0 saturated carbocycles. The van der Waals surface area contributed by atoms with Crippen LogP contribution in [0.4, 0.5) is 0 Å². The van der Waals surface area contributed by atoms with Gasteiger partial charge in [0.05, 0.1) is 6.61 Å². The molecule has 0 heterocycles. The quantitative estimate of drug-likeness (QED) is 0.385. The first-order chi connectivity index (χ1) is 6.45. The number of allylic oxidation sites excluding steroid dienone is 1. The van der Waals surface area contributed by atoms with E-state index in [1.807, 2.05) is 0 Å². The number of hydrogen-bond acceptors (Lipinski definition) is 3. The van der Waals surface area contributed by atoms with Gasteiger partial charge in [-0.15, -0.1) is 6.58 Å². The van der Waals surface area contributed by atoms with E-state index in [2.05, 4.69) is 6.58 Å². The third-order valence-electron chi connectivity index (χ3n) is 1.40. The molecule has 0 aliphatic carbocycles. The van der Waals surface area contributed by atoms with Gasteiger partial charge in [0.2, 0.25) is 8.03 Å². The molecule has 0 aromatic rings. The Bertz CT molecular complexity index is 236. The topological polar surface area (TPSA) is 115 Å². The van der Waals surface area contributed by atoms with Crippen LogP contribution in [0.15, 0.2) is 12.7 Å². The van der Waals surface area contributed by atoms with Gasteiger partial charge in [-0.3, -0.25) is 9.13 Å². The van der Waals surface area contributed by atoms with Gasteiger partial charge in [0, 0.05) is 0 Å². The molecule has 0 aromatic heterocycles. The van der Waals surface area contributed by atoms with Gasteiger partial charge in [-0.1, -0.05) is 6.08 Å². The van der Waals surface area contributed by atoms with Crippen molar-refractivity contribution in [3.63, 3.8) is 0 Å². The summed E-state index contributed by atoms with van der Waals surface area (Å²) in [5.41, 5.74) is 0. The van der Waals surface area contributed by atoms with E-state index in [4.69, 9.17) is 14.3 Å². The lowest BCUT2D eigenvalue weighted by Crippen LogP contribution is -1.89. The molecule has 0 spiro atoms. The second kappa shape index (κ2) is 9.28. The molecule has 0 bridgehead atoms. The molecule has 0 fully saturated rings. The molecule has 1 atom stereocenters. The summed E-state index contributed by atoms with van der Waals surface area (Å²) in [4.78, 5) is 16.9. The molecule has 1 unspecified atom stereocenters. The van der Waals surface area contributed by atoms with Crippen molar-refractivity contribution in [1.82, 2.24) is 0 Å². The largest absolute Gasteiger partial charge is 0.412 e. The first-order valence-electron chi connectivity index (χ1n) is 4.27. The highest BCUT2D eigenvalue weighted by molar-refractivity contribution is 7.64. The summed E-state index contributed by atoms with van der Waals surface area (Å²) in [6.07, 6.45) is 4.25. The van der Waals surface area contributed by atoms with E-state index in [0.717, 1.165) is 19.3 Å². The van der Waals surface area contributed by atoms with E-state index in [0.29, 0.717) is 0 Å². The Morgan fingerprint density at radius 2 is 2.00 bits per heavy atom. The van der Waals surface area contributed by atoms with Crippen molar-refractivity contribution in [1.29, 1.82) is 0 Å². The Morgan fingerprint density at radius 1 is 1.40 bits per heavy atom. The van der Waals surface area contributed by atoms with Crippen LogP contribution in [0.5, 0.6) is 0 Å². The van der Waals surface area contributed by atoms with Crippen LogP contribution in [0.3, 0.4) is 0 Å². The molecule has 4 N–H and O–H groups in total. The Balaban J connectivity index is 0. The van der Waals surface area contributed by atoms with Gasteiger partial charge < -0.3 is 19.8 Å². The molecule has 0 aliphatic heterocycles. The van der Waals surface area contributed by atoms with E-state index in [1.165, 1.54) is 0 Å². The van der Waals surface area contributed by atoms with E-state index < -0.39 is 21.5 Å². The molecule has 0 rings (SSSR count). The lowest BCUT2D eigenvalue weighted by atomic mass is 10.2. The van der Waals surface area contributed by atoms with Gasteiger partial charge in [0.1, 0.15) is 5.90 Å². The average molecular weight is 260 g/mol. The molecule has 0 saturated heterocycles. The van der Waals surface area contributed by atoms with Crippen LogP contribution in [0.25, 0.3) is 0 Å². The summed E-state index contributed by atoms with van der Waals surface area (Å²) in [5.74, 6) is -0.654. The highest BCUT2D eigenvalue weighted by Gasteiger charge is 2.17. The molecule has 0 aliphatic rings. The Kier molecular flexibility index (Phi) is 10.8. The maximum atomic E-state index is 10.9. The lowest BCUT2D eigenvalue weighted by molar-refractivity contribution is 0.318. The first-order valence-corrected chi connectivity index (χ1v) is 7.59. The number of unbranched alkanes of at least 4 members (excludes halogenated alkanes) is 2. The fourth-order valence-electron chi connectivity index (χ4n) is 0.791. The molecule has 0 amide bonds. The minimum absolute atomic E-state index is 0. The number of rotatable bonds is 8. The normalized spacial score (nSPS) is 12.9. The third kappa shape index (κ3) is 14.0. The minimum Gasteiger partial charge on any atom is -0.412 e. The van der Waals surface area contributed by atoms with Crippen molar-refractivity contribution >= 4 is 15.6 Å². The van der Waals surface area contributed by atoms with Crippen LogP contribution < -0.4 is 0 Å². The maximum absolute atomic E-state index is 10.9. The summed E-state index contributed by atoms with van der Waals surface area (Å²) < 4.78 is 26.1. The standard InChI is InChI=1S/C7H16O5P2.H2O/c1-2-3-4-5-6-12-13(8)7-14(9,10)11;/h2,13H,1,3-7H2,(H2,9,10,11);1H2. The van der Waals surface area contributed by atoms with Crippen LogP contribution in [-0.4, -0.2) is 27.8 Å². The zero-order chi connectivity index (χ0) is 11.0. The summed E-state index contributed by atoms with van der Waals surface area (Å²) in [7, 11) is -6.76. The second-order valence-corrected chi connectivity index (χ2v) is 6.45. The van der Waals surface area contributed by atoms with Crippen molar-refractivity contribution < 1.29 is 28.9 Å². The molecular weight excluding hydrogens is 242 g/mol. The van der Waals surface area contributed by atoms with E-state index in [1.54, 1.807) is 6.08 Å². The van der Waals surface area contributed by atoms with E-state index >= 15 is 0 Å². The second-order valence-electron chi connectivity index (χ2n) is 2.83. The lowest BCUT2D eigenvalue weighted by Gasteiger charge is -2.04. The van der Waals surface area contributed by atoms with Gasteiger partial charge >= 0.3 is 7.60 Å². The zero-order valence-electron chi connectivity index (χ0n) is 8.39. The van der Waals surface area contributed by atoms with E-state index in [9.17, 15) is 9.13 Å². The maximum Gasteiger partial charge on any atom is 0.334 e. The minimum atomic E-state index is -4.19. The van der Waals surface area contributed by atoms with E-state index in [-0.39, 0.29) is 12.1 Å². The highest BCUT2D eigenvalue weighted by atomic mass is 31.2. The molecular formula is C7H18O6P2. The van der Waals surface area contributed by atoms with Crippen LogP contribution in [0.1, 0.15) is 19.3 Å². The van der Waals surface area contributed by atoms with Crippen molar-refractivity contribution in [3.8, 4) is 0 Å². The van der Waals surface area contributed by atoms with Crippen molar-refractivity contribution in [2.75, 3.05) is 12.5 Å². The Morgan fingerprint density at radius 3 is 2.47 bits per heavy atom. The number of hydrogen-bond donors (Lipinski definition) is 2. The van der Waals surface area contributed by atoms with Crippen molar-refractivity contribution in [2.24, 2.45) is 0 Å². The summed E-state index contributed by atoms with van der Waals surface area (Å²) in [5, 5.41) is 0. The predicted octanol–water partition coefficient (Wildman–Crippen LogP) is 1.14. The third-order valence-corrected chi connectivity index (χ3v) is 4.61. The fourth-order valence-corrected chi connectivity index (χ4v) is 2.87. The van der Waals surface area contributed by atoms with Crippen LogP contribution in [0.2, 0.25) is 0 Å². The highest BCUT2D eigenvalue weighted by Crippen LogP contribution is 2.45. The Hall–Kier alpha value is 0.0400. The summed E-state index contributed by atoms with van der Waals surface area (Å²) in [6, 6.07) is 0. The van der Waals surface area contributed by atoms with Gasteiger partial charge in [-0.2, -0.15) is 0 Å². The summed E-state index contributed by atoms with van der Waals surface area (Å²) >= 11 is 0.